The molecule has 0 aliphatic heterocycles. The highest BCUT2D eigenvalue weighted by molar-refractivity contribution is 7.22. The lowest BCUT2D eigenvalue weighted by Crippen LogP contribution is -2.06. The summed E-state index contributed by atoms with van der Waals surface area (Å²) in [5.41, 5.74) is 24.1. The predicted molar refractivity (Wildman–Crippen MR) is 298 cm³/mol. The van der Waals surface area contributed by atoms with Crippen LogP contribution >= 0.6 is 57.2 Å². The van der Waals surface area contributed by atoms with E-state index in [2.05, 4.69) is 50.8 Å². The SMILES string of the molecule is CC(=O)c1sc2nc(NC3CC3)nc(-c3cc(O)cc(Cl)c3)c2c1N.CC(=O)c1sc2nc(NC3CC3)nc(-c3cccc(Cl)c3)c2c1N.COc1ccc(-c2nc(NC3CC3)nc3sc(C(C)=O)c(N)c23)cn1. The van der Waals surface area contributed by atoms with E-state index < -0.39 is 0 Å². The van der Waals surface area contributed by atoms with Crippen LogP contribution in [-0.4, -0.2) is 82.6 Å². The number of hydrogen-bond acceptors (Lipinski definition) is 21. The molecule has 9 aromatic rings. The van der Waals surface area contributed by atoms with Crippen molar-refractivity contribution in [2.45, 2.75) is 77.4 Å². The van der Waals surface area contributed by atoms with Crippen molar-refractivity contribution in [3.05, 3.63) is 85.5 Å². The third-order valence-electron chi connectivity index (χ3n) is 11.9. The van der Waals surface area contributed by atoms with Gasteiger partial charge in [-0.3, -0.25) is 14.4 Å². The van der Waals surface area contributed by atoms with Crippen molar-refractivity contribution in [3.63, 3.8) is 0 Å². The number of carbonyl (C=O) groups excluding carboxylic acids is 3. The van der Waals surface area contributed by atoms with E-state index in [9.17, 15) is 19.5 Å². The third kappa shape index (κ3) is 10.8. The zero-order chi connectivity index (χ0) is 52.1. The van der Waals surface area contributed by atoms with E-state index in [1.54, 1.807) is 31.5 Å². The molecule has 0 bridgehead atoms. The molecule has 0 spiro atoms. The molecule has 3 saturated carbocycles. The lowest BCUT2D eigenvalue weighted by Gasteiger charge is -2.09. The van der Waals surface area contributed by atoms with E-state index in [0.717, 1.165) is 49.7 Å². The first-order chi connectivity index (χ1) is 35.5. The van der Waals surface area contributed by atoms with Gasteiger partial charge in [-0.05, 0) is 74.9 Å². The number of benzene rings is 2. The Labute approximate surface area is 445 Å². The van der Waals surface area contributed by atoms with Crippen molar-refractivity contribution < 1.29 is 24.2 Å². The Hall–Kier alpha value is -7.30. The van der Waals surface area contributed by atoms with Crippen LogP contribution in [0.25, 0.3) is 64.4 Å². The Morgan fingerprint density at radius 2 is 0.986 bits per heavy atom. The number of carbonyl (C=O) groups is 3. The molecule has 378 valence electrons. The van der Waals surface area contributed by atoms with Crippen LogP contribution in [0.4, 0.5) is 34.9 Å². The molecule has 3 aliphatic carbocycles. The number of methoxy groups -OCH3 is 1. The van der Waals surface area contributed by atoms with Crippen molar-refractivity contribution in [3.8, 4) is 45.4 Å². The quantitative estimate of drug-likeness (QED) is 0.0528. The van der Waals surface area contributed by atoms with Crippen molar-refractivity contribution in [2.75, 3.05) is 40.3 Å². The number of nitrogens with one attached hydrogen (secondary N) is 3. The van der Waals surface area contributed by atoms with Gasteiger partial charge in [0.05, 0.1) is 72.0 Å². The molecular formula is C51H47Cl2N13O5S3. The van der Waals surface area contributed by atoms with Crippen LogP contribution in [0.15, 0.2) is 60.8 Å². The third-order valence-corrected chi connectivity index (χ3v) is 16.0. The molecule has 3 aliphatic rings. The van der Waals surface area contributed by atoms with Crippen LogP contribution in [0.5, 0.6) is 11.6 Å². The lowest BCUT2D eigenvalue weighted by atomic mass is 10.1. The molecular weight excluding hydrogens is 1040 g/mol. The van der Waals surface area contributed by atoms with Crippen LogP contribution < -0.4 is 37.9 Å². The first-order valence-corrected chi connectivity index (χ1v) is 26.6. The topological polar surface area (TPSA) is 285 Å². The fraction of sp³-hybridized carbons (Fsp3) is 0.255. The number of nitrogens with zero attached hydrogens (tertiary/aromatic N) is 7. The maximum absolute atomic E-state index is 11.9. The molecule has 7 heterocycles. The number of pyridine rings is 1. The molecule has 3 fully saturated rings. The van der Waals surface area contributed by atoms with Gasteiger partial charge in [0.2, 0.25) is 23.7 Å². The molecule has 0 amide bonds. The molecule has 74 heavy (non-hydrogen) atoms. The Kier molecular flexibility index (Phi) is 13.9. The summed E-state index contributed by atoms with van der Waals surface area (Å²) in [6.07, 6.45) is 8.34. The molecule has 12 rings (SSSR count). The van der Waals surface area contributed by atoms with Gasteiger partial charge in [0.25, 0.3) is 0 Å². The summed E-state index contributed by atoms with van der Waals surface area (Å²) in [6, 6.07) is 17.0. The van der Waals surface area contributed by atoms with Gasteiger partial charge in [-0.25, -0.2) is 34.9 Å². The fourth-order valence-electron chi connectivity index (χ4n) is 7.89. The zero-order valence-corrected chi connectivity index (χ0v) is 44.1. The second kappa shape index (κ2) is 20.5. The van der Waals surface area contributed by atoms with Gasteiger partial charge in [0.1, 0.15) is 20.2 Å². The summed E-state index contributed by atoms with van der Waals surface area (Å²) in [5, 5.41) is 22.8. The van der Waals surface area contributed by atoms with Gasteiger partial charge in [0.15, 0.2) is 17.3 Å². The summed E-state index contributed by atoms with van der Waals surface area (Å²) >= 11 is 16.1. The highest BCUT2D eigenvalue weighted by atomic mass is 35.5. The summed E-state index contributed by atoms with van der Waals surface area (Å²) in [4.78, 5) is 70.9. The first kappa shape index (κ1) is 50.2. The van der Waals surface area contributed by atoms with Gasteiger partial charge < -0.3 is 43.0 Å². The van der Waals surface area contributed by atoms with Crippen molar-refractivity contribution in [1.82, 2.24) is 34.9 Å². The van der Waals surface area contributed by atoms with Crippen LogP contribution in [0, 0.1) is 0 Å². The van der Waals surface area contributed by atoms with Crippen molar-refractivity contribution in [2.24, 2.45) is 0 Å². The maximum Gasteiger partial charge on any atom is 0.224 e. The minimum absolute atomic E-state index is 0.0338. The van der Waals surface area contributed by atoms with Crippen LogP contribution in [0.2, 0.25) is 10.0 Å². The van der Waals surface area contributed by atoms with E-state index in [0.29, 0.717) is 137 Å². The highest BCUT2D eigenvalue weighted by Gasteiger charge is 2.28. The second-order valence-corrected chi connectivity index (χ2v) is 21.9. The molecule has 18 nitrogen and oxygen atoms in total. The molecule has 0 atom stereocenters. The van der Waals surface area contributed by atoms with Gasteiger partial charge in [-0.2, -0.15) is 0 Å². The number of phenolic OH excluding ortho intramolecular Hbond substituents is 1. The Morgan fingerprint density at radius 1 is 0.568 bits per heavy atom. The number of nitrogens with two attached hydrogens (primary N) is 3. The number of ketones is 3. The normalized spacial score (nSPS) is 14.0. The number of Topliss-reactive ketones (excluding diaryl/α,β-unsaturated/α-hetero) is 3. The zero-order valence-electron chi connectivity index (χ0n) is 40.2. The minimum atomic E-state index is -0.114. The number of aromatic hydroxyl groups is 1. The van der Waals surface area contributed by atoms with Gasteiger partial charge >= 0.3 is 0 Å². The number of phenols is 1. The number of aromatic nitrogens is 7. The molecule has 23 heteroatoms. The second-order valence-electron chi connectivity index (χ2n) is 18.0. The molecule has 0 radical (unpaired) electrons. The summed E-state index contributed by atoms with van der Waals surface area (Å²) in [6.45, 7) is 4.49. The number of anilines is 6. The van der Waals surface area contributed by atoms with Gasteiger partial charge in [-0.15, -0.1) is 34.0 Å². The minimum Gasteiger partial charge on any atom is -0.508 e. The fourth-order valence-corrected chi connectivity index (χ4v) is 11.3. The molecule has 0 unspecified atom stereocenters. The van der Waals surface area contributed by atoms with E-state index >= 15 is 0 Å². The Morgan fingerprint density at radius 3 is 1.35 bits per heavy atom. The lowest BCUT2D eigenvalue weighted by molar-refractivity contribution is 0.101. The largest absolute Gasteiger partial charge is 0.508 e. The van der Waals surface area contributed by atoms with E-state index in [4.69, 9.17) is 45.1 Å². The molecule has 7 aromatic heterocycles. The summed E-state index contributed by atoms with van der Waals surface area (Å²) < 4.78 is 5.11. The van der Waals surface area contributed by atoms with Gasteiger partial charge in [-0.1, -0.05) is 35.3 Å². The number of fused-ring (bicyclic) bond motifs is 3. The molecule has 10 N–H and O–H groups in total. The number of halogens is 2. The van der Waals surface area contributed by atoms with Crippen LogP contribution in [0.3, 0.4) is 0 Å². The molecule has 0 saturated heterocycles. The smallest absolute Gasteiger partial charge is 0.224 e. The number of nitrogen functional groups attached to an aromatic ring is 3. The van der Waals surface area contributed by atoms with Crippen LogP contribution in [-0.2, 0) is 0 Å². The predicted octanol–water partition coefficient (Wildman–Crippen LogP) is 11.6. The first-order valence-electron chi connectivity index (χ1n) is 23.4. The van der Waals surface area contributed by atoms with E-state index in [-0.39, 0.29) is 23.1 Å². The average molecular weight is 1090 g/mol. The summed E-state index contributed by atoms with van der Waals surface area (Å²) in [7, 11) is 1.57. The average Bonchev–Trinajstić information content (AvgIpc) is 4.32. The Bertz CT molecular complexity index is 3680. The highest BCUT2D eigenvalue weighted by Crippen LogP contribution is 2.44. The molecule has 2 aromatic carbocycles. The maximum atomic E-state index is 11.9. The van der Waals surface area contributed by atoms with Crippen molar-refractivity contribution >= 4 is 140 Å². The van der Waals surface area contributed by atoms with E-state index in [1.165, 1.54) is 60.8 Å². The number of thiophene rings is 3. The van der Waals surface area contributed by atoms with Crippen molar-refractivity contribution in [1.29, 1.82) is 0 Å². The standard InChI is InChI=1S/C17H15ClN4O2S.C17H15ClN4OS.C17H17N5O2S/c1-7(23)15-13(19)12-14(8-4-9(18)6-11(24)5-8)21-17(20-10-2-3-10)22-16(12)25-15;1-8(23)15-13(19)12-14(9-3-2-4-10(18)7-9)21-17(20-11-5-6-11)22-16(12)24-15;1-8(23)15-13(18)12-14(9-3-6-11(24-2)19-7-9)21-17(20-10-4-5-10)22-16(12)25-15/h4-6,10,24H,2-3,19H2,1H3,(H,20,21,22);2-4,7,11H,5-6,19H2,1H3,(H,20,21,22);3,6-7,10H,4-5,18H2,1-2H3,(H,20,21,22). The monoisotopic (exact) mass is 1090 g/mol. The number of hydrogen-bond donors (Lipinski definition) is 7. The Balaban J connectivity index is 0.000000127. The summed E-state index contributed by atoms with van der Waals surface area (Å²) in [5.74, 6) is 1.91. The number of ether oxygens (including phenoxy) is 1. The number of rotatable bonds is 13. The van der Waals surface area contributed by atoms with Gasteiger partial charge in [0, 0.05) is 77.9 Å². The van der Waals surface area contributed by atoms with Crippen LogP contribution in [0.1, 0.15) is 88.3 Å². The van der Waals surface area contributed by atoms with E-state index in [1.807, 2.05) is 30.3 Å².